The van der Waals surface area contributed by atoms with E-state index in [1.807, 2.05) is 31.2 Å². The van der Waals surface area contributed by atoms with E-state index in [1.165, 1.54) is 11.3 Å². The lowest BCUT2D eigenvalue weighted by molar-refractivity contribution is 0.111. The summed E-state index contributed by atoms with van der Waals surface area (Å²) in [4.78, 5) is 14.6. The topological polar surface area (TPSA) is 42.0 Å². The number of aryl methyl sites for hydroxylation is 1. The Morgan fingerprint density at radius 3 is 2.87 bits per heavy atom. The quantitative estimate of drug-likeness (QED) is 0.805. The van der Waals surface area contributed by atoms with Gasteiger partial charge in [-0.15, -0.1) is 11.3 Å². The van der Waals surface area contributed by atoms with E-state index in [0.717, 1.165) is 22.7 Å². The van der Waals surface area contributed by atoms with Crippen molar-refractivity contribution in [2.24, 2.45) is 0 Å². The van der Waals surface area contributed by atoms with Crippen LogP contribution in [0.3, 0.4) is 0 Å². The summed E-state index contributed by atoms with van der Waals surface area (Å²) in [5.74, 6) is 0. The van der Waals surface area contributed by atoms with Gasteiger partial charge in [0, 0.05) is 11.1 Å². The third-order valence-corrected chi connectivity index (χ3v) is 2.81. The number of carbonyl (C=O) groups is 1. The number of hydrogen-bond donors (Lipinski definition) is 1. The van der Waals surface area contributed by atoms with Crippen LogP contribution >= 0.6 is 11.3 Å². The largest absolute Gasteiger partial charge is 0.331 e. The van der Waals surface area contributed by atoms with Gasteiger partial charge in [-0.25, -0.2) is 4.98 Å². The van der Waals surface area contributed by atoms with Gasteiger partial charge < -0.3 is 5.32 Å². The standard InChI is InChI=1S/C11H10N2OS/c1-8-4-2-3-5-10(8)13-11-12-9(6-14)7-15-11/h2-7H,1H3,(H,12,13). The lowest BCUT2D eigenvalue weighted by Crippen LogP contribution is -1.92. The second kappa shape index (κ2) is 4.23. The van der Waals surface area contributed by atoms with Gasteiger partial charge in [0.2, 0.25) is 0 Å². The molecular weight excluding hydrogens is 208 g/mol. The van der Waals surface area contributed by atoms with Crippen LogP contribution in [-0.2, 0) is 0 Å². The van der Waals surface area contributed by atoms with Crippen LogP contribution in [0.4, 0.5) is 10.8 Å². The molecule has 0 fully saturated rings. The highest BCUT2D eigenvalue weighted by atomic mass is 32.1. The highest BCUT2D eigenvalue weighted by molar-refractivity contribution is 7.13. The zero-order valence-corrected chi connectivity index (χ0v) is 9.04. The van der Waals surface area contributed by atoms with E-state index in [9.17, 15) is 4.79 Å². The molecule has 1 heterocycles. The van der Waals surface area contributed by atoms with Crippen LogP contribution in [0.15, 0.2) is 29.6 Å². The third-order valence-electron chi connectivity index (χ3n) is 2.03. The number of carbonyl (C=O) groups excluding carboxylic acids is 1. The fourth-order valence-electron chi connectivity index (χ4n) is 1.23. The second-order valence-corrected chi connectivity index (χ2v) is 3.99. The fraction of sp³-hybridized carbons (Fsp3) is 0.0909. The Labute approximate surface area is 91.8 Å². The first-order chi connectivity index (χ1) is 7.29. The number of aldehydes is 1. The number of para-hydroxylation sites is 1. The van der Waals surface area contributed by atoms with Crippen LogP contribution in [0, 0.1) is 6.92 Å². The molecule has 2 aromatic rings. The minimum Gasteiger partial charge on any atom is -0.331 e. The molecule has 1 N–H and O–H groups in total. The number of nitrogens with one attached hydrogen (secondary N) is 1. The summed E-state index contributed by atoms with van der Waals surface area (Å²) in [6.45, 7) is 2.02. The van der Waals surface area contributed by atoms with Gasteiger partial charge in [0.25, 0.3) is 0 Å². The van der Waals surface area contributed by atoms with Gasteiger partial charge in [-0.3, -0.25) is 4.79 Å². The highest BCUT2D eigenvalue weighted by Gasteiger charge is 2.02. The Hall–Kier alpha value is -1.68. The summed E-state index contributed by atoms with van der Waals surface area (Å²) < 4.78 is 0. The summed E-state index contributed by atoms with van der Waals surface area (Å²) in [7, 11) is 0. The van der Waals surface area contributed by atoms with Gasteiger partial charge in [0.1, 0.15) is 5.69 Å². The smallest absolute Gasteiger partial charge is 0.187 e. The van der Waals surface area contributed by atoms with Gasteiger partial charge in [-0.2, -0.15) is 0 Å². The third kappa shape index (κ3) is 2.22. The number of rotatable bonds is 3. The van der Waals surface area contributed by atoms with Crippen molar-refractivity contribution in [3.05, 3.63) is 40.9 Å². The lowest BCUT2D eigenvalue weighted by Gasteiger charge is -2.05. The molecule has 0 saturated carbocycles. The van der Waals surface area contributed by atoms with E-state index in [4.69, 9.17) is 0 Å². The minimum atomic E-state index is 0.469. The summed E-state index contributed by atoms with van der Waals surface area (Å²) in [6.07, 6.45) is 0.750. The fourth-order valence-corrected chi connectivity index (χ4v) is 1.89. The van der Waals surface area contributed by atoms with E-state index in [-0.39, 0.29) is 0 Å². The van der Waals surface area contributed by atoms with Crippen LogP contribution in [0.2, 0.25) is 0 Å². The van der Waals surface area contributed by atoms with Crippen molar-refractivity contribution in [2.45, 2.75) is 6.92 Å². The average molecular weight is 218 g/mol. The molecule has 0 atom stereocenters. The maximum absolute atomic E-state index is 10.5. The first-order valence-electron chi connectivity index (χ1n) is 4.53. The number of anilines is 2. The van der Waals surface area contributed by atoms with Crippen molar-refractivity contribution in [2.75, 3.05) is 5.32 Å². The number of benzene rings is 1. The summed E-state index contributed by atoms with van der Waals surface area (Å²) >= 11 is 1.42. The molecule has 0 saturated heterocycles. The van der Waals surface area contributed by atoms with Gasteiger partial charge in [0.15, 0.2) is 11.4 Å². The predicted octanol–water partition coefficient (Wildman–Crippen LogP) is 3.01. The molecule has 0 radical (unpaired) electrons. The lowest BCUT2D eigenvalue weighted by atomic mass is 10.2. The van der Waals surface area contributed by atoms with Crippen LogP contribution in [-0.4, -0.2) is 11.3 Å². The SMILES string of the molecule is Cc1ccccc1Nc1nc(C=O)cs1. The molecular formula is C11H10N2OS. The molecule has 0 aliphatic carbocycles. The summed E-state index contributed by atoms with van der Waals surface area (Å²) in [6, 6.07) is 7.96. The first kappa shape index (κ1) is 9.86. The molecule has 0 amide bonds. The Bertz CT molecular complexity index is 479. The average Bonchev–Trinajstić information content (AvgIpc) is 2.69. The Morgan fingerprint density at radius 1 is 1.40 bits per heavy atom. The van der Waals surface area contributed by atoms with Gasteiger partial charge in [-0.1, -0.05) is 18.2 Å². The van der Waals surface area contributed by atoms with Crippen LogP contribution < -0.4 is 5.32 Å². The molecule has 3 nitrogen and oxygen atoms in total. The zero-order valence-electron chi connectivity index (χ0n) is 8.23. The van der Waals surface area contributed by atoms with E-state index in [1.54, 1.807) is 5.38 Å². The van der Waals surface area contributed by atoms with Gasteiger partial charge >= 0.3 is 0 Å². The van der Waals surface area contributed by atoms with E-state index in [2.05, 4.69) is 10.3 Å². The van der Waals surface area contributed by atoms with Crippen molar-refractivity contribution in [3.8, 4) is 0 Å². The maximum Gasteiger partial charge on any atom is 0.187 e. The predicted molar refractivity (Wildman–Crippen MR) is 62.0 cm³/mol. The van der Waals surface area contributed by atoms with E-state index < -0.39 is 0 Å². The molecule has 0 aliphatic rings. The van der Waals surface area contributed by atoms with Crippen molar-refractivity contribution < 1.29 is 4.79 Å². The molecule has 76 valence electrons. The molecule has 4 heteroatoms. The molecule has 0 aliphatic heterocycles. The molecule has 0 bridgehead atoms. The zero-order chi connectivity index (χ0) is 10.7. The van der Waals surface area contributed by atoms with Crippen molar-refractivity contribution in [1.29, 1.82) is 0 Å². The van der Waals surface area contributed by atoms with E-state index >= 15 is 0 Å². The monoisotopic (exact) mass is 218 g/mol. The molecule has 1 aromatic heterocycles. The Morgan fingerprint density at radius 2 is 2.20 bits per heavy atom. The second-order valence-electron chi connectivity index (χ2n) is 3.14. The normalized spacial score (nSPS) is 9.93. The summed E-state index contributed by atoms with van der Waals surface area (Å²) in [5.41, 5.74) is 2.64. The highest BCUT2D eigenvalue weighted by Crippen LogP contribution is 2.22. The van der Waals surface area contributed by atoms with Crippen LogP contribution in [0.25, 0.3) is 0 Å². The van der Waals surface area contributed by atoms with Gasteiger partial charge in [0.05, 0.1) is 0 Å². The maximum atomic E-state index is 10.5. The van der Waals surface area contributed by atoms with Crippen LogP contribution in [0.1, 0.15) is 16.1 Å². The molecule has 2 rings (SSSR count). The van der Waals surface area contributed by atoms with Gasteiger partial charge in [-0.05, 0) is 18.6 Å². The number of hydrogen-bond acceptors (Lipinski definition) is 4. The van der Waals surface area contributed by atoms with Crippen molar-refractivity contribution >= 4 is 28.4 Å². The Kier molecular flexibility index (Phi) is 2.78. The van der Waals surface area contributed by atoms with Crippen molar-refractivity contribution in [3.63, 3.8) is 0 Å². The molecule has 0 unspecified atom stereocenters. The van der Waals surface area contributed by atoms with Crippen molar-refractivity contribution in [1.82, 2.24) is 4.98 Å². The number of aromatic nitrogens is 1. The molecule has 1 aromatic carbocycles. The number of nitrogens with zero attached hydrogens (tertiary/aromatic N) is 1. The Balaban J connectivity index is 2.22. The van der Waals surface area contributed by atoms with Crippen LogP contribution in [0.5, 0.6) is 0 Å². The molecule has 15 heavy (non-hydrogen) atoms. The minimum absolute atomic E-state index is 0.469. The summed E-state index contributed by atoms with van der Waals surface area (Å²) in [5, 5.41) is 5.65. The first-order valence-corrected chi connectivity index (χ1v) is 5.41. The number of thiazole rings is 1. The molecule has 0 spiro atoms. The van der Waals surface area contributed by atoms with E-state index in [0.29, 0.717) is 5.69 Å².